The van der Waals surface area contributed by atoms with Crippen LogP contribution in [0.25, 0.3) is 11.5 Å². The Morgan fingerprint density at radius 3 is 2.60 bits per heavy atom. The van der Waals surface area contributed by atoms with E-state index in [1.165, 1.54) is 10.6 Å². The summed E-state index contributed by atoms with van der Waals surface area (Å²) < 4.78 is 6.90. The van der Waals surface area contributed by atoms with Gasteiger partial charge in [0.25, 0.3) is 5.56 Å². The van der Waals surface area contributed by atoms with Crippen LogP contribution in [-0.4, -0.2) is 20.7 Å². The molecule has 7 nitrogen and oxygen atoms in total. The predicted molar refractivity (Wildman–Crippen MR) is 93.2 cm³/mol. The molecule has 0 aliphatic heterocycles. The minimum atomic E-state index is -0.293. The molecule has 0 aliphatic carbocycles. The van der Waals surface area contributed by atoms with E-state index in [2.05, 4.69) is 15.5 Å². The van der Waals surface area contributed by atoms with E-state index < -0.39 is 0 Å². The molecular formula is C18H18N4O3. The Labute approximate surface area is 144 Å². The van der Waals surface area contributed by atoms with Crippen molar-refractivity contribution in [2.45, 2.75) is 26.3 Å². The van der Waals surface area contributed by atoms with E-state index in [-0.39, 0.29) is 23.9 Å². The summed E-state index contributed by atoms with van der Waals surface area (Å²) in [5.41, 5.74) is 0.984. The fraction of sp³-hybridized carbons (Fsp3) is 0.222. The predicted octanol–water partition coefficient (Wildman–Crippen LogP) is 2.66. The van der Waals surface area contributed by atoms with Crippen LogP contribution in [-0.2, 0) is 11.3 Å². The first-order valence-corrected chi connectivity index (χ1v) is 7.92. The quantitative estimate of drug-likeness (QED) is 0.772. The Morgan fingerprint density at radius 1 is 1.16 bits per heavy atom. The number of hydrogen-bond acceptors (Lipinski definition) is 5. The number of carbonyl (C=O) groups excluding carboxylic acids is 1. The van der Waals surface area contributed by atoms with Crippen LogP contribution >= 0.6 is 0 Å². The van der Waals surface area contributed by atoms with Crippen molar-refractivity contribution >= 4 is 11.6 Å². The van der Waals surface area contributed by atoms with Crippen molar-refractivity contribution in [3.8, 4) is 11.5 Å². The number of nitrogens with zero attached hydrogens (tertiary/aromatic N) is 3. The zero-order valence-electron chi connectivity index (χ0n) is 14.0. The topological polar surface area (TPSA) is 90.0 Å². The van der Waals surface area contributed by atoms with E-state index in [1.807, 2.05) is 32.0 Å². The van der Waals surface area contributed by atoms with Gasteiger partial charge in [0.15, 0.2) is 0 Å². The van der Waals surface area contributed by atoms with E-state index >= 15 is 0 Å². The molecule has 0 bridgehead atoms. The minimum absolute atomic E-state index is 0.104. The first kappa shape index (κ1) is 16.6. The fourth-order valence-electron chi connectivity index (χ4n) is 2.24. The van der Waals surface area contributed by atoms with Gasteiger partial charge in [0.2, 0.25) is 17.7 Å². The van der Waals surface area contributed by atoms with Crippen LogP contribution in [0.5, 0.6) is 0 Å². The number of amides is 1. The van der Waals surface area contributed by atoms with Crippen LogP contribution in [0, 0.1) is 0 Å². The van der Waals surface area contributed by atoms with Crippen molar-refractivity contribution in [2.24, 2.45) is 0 Å². The molecule has 0 radical (unpaired) electrons. The molecule has 1 aromatic carbocycles. The highest BCUT2D eigenvalue weighted by Crippen LogP contribution is 2.20. The molecule has 1 N–H and O–H groups in total. The van der Waals surface area contributed by atoms with Gasteiger partial charge < -0.3 is 14.3 Å². The van der Waals surface area contributed by atoms with Crippen LogP contribution in [0.4, 0.5) is 5.69 Å². The second-order valence-corrected chi connectivity index (χ2v) is 5.90. The Bertz CT molecular complexity index is 929. The Balaban J connectivity index is 1.79. The van der Waals surface area contributed by atoms with E-state index in [9.17, 15) is 9.59 Å². The summed E-state index contributed by atoms with van der Waals surface area (Å²) in [5, 5.41) is 10.7. The van der Waals surface area contributed by atoms with Crippen LogP contribution in [0.2, 0.25) is 0 Å². The molecule has 0 saturated carbocycles. The number of pyridine rings is 1. The maximum absolute atomic E-state index is 12.2. The lowest BCUT2D eigenvalue weighted by Gasteiger charge is -2.08. The first-order valence-electron chi connectivity index (χ1n) is 7.92. The number of anilines is 1. The lowest BCUT2D eigenvalue weighted by Crippen LogP contribution is -2.26. The normalized spacial score (nSPS) is 10.8. The number of rotatable bonds is 5. The molecule has 3 aromatic rings. The molecule has 2 heterocycles. The van der Waals surface area contributed by atoms with Gasteiger partial charge in [0, 0.05) is 23.9 Å². The van der Waals surface area contributed by atoms with Gasteiger partial charge in [0.05, 0.1) is 5.56 Å². The van der Waals surface area contributed by atoms with Crippen molar-refractivity contribution in [3.05, 3.63) is 64.9 Å². The zero-order chi connectivity index (χ0) is 17.8. The van der Waals surface area contributed by atoms with Gasteiger partial charge in [-0.1, -0.05) is 32.0 Å². The van der Waals surface area contributed by atoms with Crippen molar-refractivity contribution in [1.29, 1.82) is 0 Å². The van der Waals surface area contributed by atoms with Crippen LogP contribution in [0.15, 0.2) is 57.9 Å². The molecule has 0 fully saturated rings. The third kappa shape index (κ3) is 4.00. The van der Waals surface area contributed by atoms with Crippen LogP contribution in [0.3, 0.4) is 0 Å². The van der Waals surface area contributed by atoms with Gasteiger partial charge in [-0.3, -0.25) is 9.59 Å². The minimum Gasteiger partial charge on any atom is -0.420 e. The lowest BCUT2D eigenvalue weighted by molar-refractivity contribution is -0.116. The summed E-state index contributed by atoms with van der Waals surface area (Å²) in [7, 11) is 0. The average Bonchev–Trinajstić information content (AvgIpc) is 3.08. The third-order valence-corrected chi connectivity index (χ3v) is 3.54. The fourth-order valence-corrected chi connectivity index (χ4v) is 2.24. The Kier molecular flexibility index (Phi) is 4.74. The van der Waals surface area contributed by atoms with Gasteiger partial charge in [-0.15, -0.1) is 10.2 Å². The number of hydrogen-bond donors (Lipinski definition) is 1. The van der Waals surface area contributed by atoms with Crippen molar-refractivity contribution < 1.29 is 9.21 Å². The maximum Gasteiger partial charge on any atom is 0.251 e. The molecule has 0 saturated heterocycles. The standard InChI is InChI=1S/C18H18N4O3/c1-12(2)17-20-21-18(25-17)13-8-9-16(24)22(10-13)11-15(23)19-14-6-4-3-5-7-14/h3-10,12H,11H2,1-2H3,(H,19,23). The molecule has 0 atom stereocenters. The number of benzene rings is 1. The molecule has 0 spiro atoms. The van der Waals surface area contributed by atoms with Crippen LogP contribution < -0.4 is 10.9 Å². The molecule has 0 aliphatic rings. The largest absolute Gasteiger partial charge is 0.420 e. The van der Waals surface area contributed by atoms with Gasteiger partial charge in [-0.05, 0) is 18.2 Å². The highest BCUT2D eigenvalue weighted by atomic mass is 16.4. The maximum atomic E-state index is 12.2. The van der Waals surface area contributed by atoms with Gasteiger partial charge in [-0.25, -0.2) is 0 Å². The SMILES string of the molecule is CC(C)c1nnc(-c2ccc(=O)n(CC(=O)Nc3ccccc3)c2)o1. The smallest absolute Gasteiger partial charge is 0.251 e. The molecule has 0 unspecified atom stereocenters. The summed E-state index contributed by atoms with van der Waals surface area (Å²) in [5.74, 6) is 0.665. The third-order valence-electron chi connectivity index (χ3n) is 3.54. The molecule has 128 valence electrons. The van der Waals surface area contributed by atoms with Gasteiger partial charge in [-0.2, -0.15) is 0 Å². The van der Waals surface area contributed by atoms with Crippen molar-refractivity contribution in [2.75, 3.05) is 5.32 Å². The zero-order valence-corrected chi connectivity index (χ0v) is 14.0. The van der Waals surface area contributed by atoms with Gasteiger partial charge >= 0.3 is 0 Å². The highest BCUT2D eigenvalue weighted by molar-refractivity contribution is 5.90. The van der Waals surface area contributed by atoms with E-state index in [1.54, 1.807) is 24.4 Å². The number of para-hydroxylation sites is 1. The summed E-state index contributed by atoms with van der Waals surface area (Å²) in [6, 6.07) is 12.1. The van der Waals surface area contributed by atoms with Crippen molar-refractivity contribution in [1.82, 2.24) is 14.8 Å². The summed E-state index contributed by atoms with van der Waals surface area (Å²) in [4.78, 5) is 24.2. The van der Waals surface area contributed by atoms with E-state index in [0.717, 1.165) is 0 Å². The average molecular weight is 338 g/mol. The van der Waals surface area contributed by atoms with Crippen molar-refractivity contribution in [3.63, 3.8) is 0 Å². The Morgan fingerprint density at radius 2 is 1.92 bits per heavy atom. The first-order chi connectivity index (χ1) is 12.0. The second-order valence-electron chi connectivity index (χ2n) is 5.90. The summed E-state index contributed by atoms with van der Waals surface area (Å²) in [6.07, 6.45) is 1.55. The molecule has 1 amide bonds. The van der Waals surface area contributed by atoms with E-state index in [0.29, 0.717) is 23.0 Å². The highest BCUT2D eigenvalue weighted by Gasteiger charge is 2.13. The Hall–Kier alpha value is -3.22. The monoisotopic (exact) mass is 338 g/mol. The van der Waals surface area contributed by atoms with Gasteiger partial charge in [0.1, 0.15) is 6.54 Å². The van der Waals surface area contributed by atoms with Crippen LogP contribution in [0.1, 0.15) is 25.7 Å². The number of aromatic nitrogens is 3. The molecule has 2 aromatic heterocycles. The molecule has 7 heteroatoms. The van der Waals surface area contributed by atoms with E-state index in [4.69, 9.17) is 4.42 Å². The lowest BCUT2D eigenvalue weighted by atomic mass is 10.2. The summed E-state index contributed by atoms with van der Waals surface area (Å²) in [6.45, 7) is 3.80. The molecule has 3 rings (SSSR count). The second kappa shape index (κ2) is 7.12. The number of nitrogens with one attached hydrogen (secondary N) is 1. The molecule has 25 heavy (non-hydrogen) atoms. The number of carbonyl (C=O) groups is 1. The molecular weight excluding hydrogens is 320 g/mol. The summed E-state index contributed by atoms with van der Waals surface area (Å²) >= 11 is 0.